The summed E-state index contributed by atoms with van der Waals surface area (Å²) < 4.78 is 83.9. The van der Waals surface area contributed by atoms with Crippen molar-refractivity contribution in [2.75, 3.05) is 25.1 Å². The molecule has 0 aromatic heterocycles. The van der Waals surface area contributed by atoms with Crippen molar-refractivity contribution < 1.29 is 34.9 Å². The predicted molar refractivity (Wildman–Crippen MR) is 125 cm³/mol. The zero-order valence-electron chi connectivity index (χ0n) is 18.0. The standard InChI is InChI=1S/C19H20N4O8S3/c1-23(2)33(27,28)17-11-16(21-20-12-7-9-13(10-8-12)34(29,30)31)18-14(19(17)24)5-4-6-15(18)22-32(3,25)26/h4-11,22,24H,1-3H3,(H,29,30,31). The smallest absolute Gasteiger partial charge is 0.294 e. The topological polar surface area (TPSA) is 183 Å². The molecule has 0 saturated carbocycles. The van der Waals surface area contributed by atoms with E-state index in [1.807, 2.05) is 0 Å². The van der Waals surface area contributed by atoms with Crippen LogP contribution in [-0.2, 0) is 30.2 Å². The molecule has 0 aliphatic heterocycles. The Labute approximate surface area is 196 Å². The summed E-state index contributed by atoms with van der Waals surface area (Å²) in [6, 6.07) is 9.97. The second-order valence-electron chi connectivity index (χ2n) is 7.30. The summed E-state index contributed by atoms with van der Waals surface area (Å²) in [5, 5.41) is 18.8. The average Bonchev–Trinajstić information content (AvgIpc) is 2.72. The molecule has 182 valence electrons. The minimum atomic E-state index is -4.41. The van der Waals surface area contributed by atoms with E-state index in [0.29, 0.717) is 0 Å². The van der Waals surface area contributed by atoms with E-state index >= 15 is 0 Å². The number of phenolic OH excluding ortho intramolecular Hbond substituents is 1. The first kappa shape index (κ1) is 25.5. The summed E-state index contributed by atoms with van der Waals surface area (Å²) in [6.45, 7) is 0. The second-order valence-corrected chi connectivity index (χ2v) is 12.6. The molecule has 0 aliphatic rings. The number of rotatable bonds is 7. The van der Waals surface area contributed by atoms with Crippen molar-refractivity contribution in [3.8, 4) is 5.75 Å². The monoisotopic (exact) mass is 528 g/mol. The van der Waals surface area contributed by atoms with Gasteiger partial charge in [0.15, 0.2) is 0 Å². The maximum atomic E-state index is 12.8. The lowest BCUT2D eigenvalue weighted by Gasteiger charge is -2.17. The van der Waals surface area contributed by atoms with Crippen LogP contribution in [-0.4, -0.2) is 59.6 Å². The van der Waals surface area contributed by atoms with Crippen molar-refractivity contribution in [1.29, 1.82) is 0 Å². The molecule has 0 spiro atoms. The number of hydrogen-bond donors (Lipinski definition) is 3. The third-order valence-electron chi connectivity index (χ3n) is 4.54. The molecule has 0 bridgehead atoms. The Kier molecular flexibility index (Phi) is 6.69. The van der Waals surface area contributed by atoms with Crippen molar-refractivity contribution >= 4 is 58.0 Å². The van der Waals surface area contributed by atoms with Gasteiger partial charge < -0.3 is 5.11 Å². The summed E-state index contributed by atoms with van der Waals surface area (Å²) >= 11 is 0. The fourth-order valence-electron chi connectivity index (χ4n) is 2.98. The summed E-state index contributed by atoms with van der Waals surface area (Å²) in [6.07, 6.45) is 0.925. The molecule has 0 saturated heterocycles. The SMILES string of the molecule is CN(C)S(=O)(=O)c1cc(N=Nc2ccc(S(=O)(=O)O)cc2)c2c(NS(C)(=O)=O)cccc2c1O. The summed E-state index contributed by atoms with van der Waals surface area (Å²) in [5.74, 6) is -0.600. The number of nitrogens with zero attached hydrogens (tertiary/aromatic N) is 3. The summed E-state index contributed by atoms with van der Waals surface area (Å²) in [7, 11) is -9.73. The highest BCUT2D eigenvalue weighted by atomic mass is 32.2. The summed E-state index contributed by atoms with van der Waals surface area (Å²) in [4.78, 5) is -0.835. The van der Waals surface area contributed by atoms with Crippen LogP contribution in [0.15, 0.2) is 68.6 Å². The van der Waals surface area contributed by atoms with Crippen molar-refractivity contribution in [1.82, 2.24) is 4.31 Å². The molecule has 0 fully saturated rings. The number of sulfonamides is 2. The second kappa shape index (κ2) is 8.92. The van der Waals surface area contributed by atoms with Gasteiger partial charge in [0, 0.05) is 24.9 Å². The van der Waals surface area contributed by atoms with E-state index in [4.69, 9.17) is 4.55 Å². The molecule has 3 aromatic rings. The van der Waals surface area contributed by atoms with Crippen LogP contribution in [0.4, 0.5) is 17.1 Å². The van der Waals surface area contributed by atoms with Gasteiger partial charge in [-0.3, -0.25) is 9.27 Å². The Balaban J connectivity index is 2.29. The highest BCUT2D eigenvalue weighted by Gasteiger charge is 2.26. The minimum Gasteiger partial charge on any atom is -0.506 e. The van der Waals surface area contributed by atoms with E-state index in [1.165, 1.54) is 44.4 Å². The van der Waals surface area contributed by atoms with Crippen LogP contribution in [0.5, 0.6) is 5.75 Å². The molecule has 3 rings (SSSR count). The van der Waals surface area contributed by atoms with Gasteiger partial charge >= 0.3 is 0 Å². The molecule has 0 unspecified atom stereocenters. The maximum Gasteiger partial charge on any atom is 0.294 e. The molecule has 3 N–H and O–H groups in total. The van der Waals surface area contributed by atoms with Crippen LogP contribution in [0.1, 0.15) is 0 Å². The van der Waals surface area contributed by atoms with Crippen molar-refractivity contribution in [2.24, 2.45) is 10.2 Å². The highest BCUT2D eigenvalue weighted by molar-refractivity contribution is 7.92. The van der Waals surface area contributed by atoms with Crippen LogP contribution < -0.4 is 4.72 Å². The molecule has 0 amide bonds. The third kappa shape index (κ3) is 5.34. The average molecular weight is 529 g/mol. The molecule has 0 aliphatic carbocycles. The van der Waals surface area contributed by atoms with Crippen molar-refractivity contribution in [3.63, 3.8) is 0 Å². The zero-order chi connectivity index (χ0) is 25.5. The number of phenols is 1. The minimum absolute atomic E-state index is 0.00671. The van der Waals surface area contributed by atoms with Crippen LogP contribution in [0.2, 0.25) is 0 Å². The quantitative estimate of drug-likeness (QED) is 0.309. The first-order chi connectivity index (χ1) is 15.6. The molecule has 0 heterocycles. The maximum absolute atomic E-state index is 12.8. The Morgan fingerprint density at radius 2 is 1.53 bits per heavy atom. The highest BCUT2D eigenvalue weighted by Crippen LogP contribution is 2.43. The first-order valence-corrected chi connectivity index (χ1v) is 14.1. The number of hydrogen-bond acceptors (Lipinski definition) is 9. The van der Waals surface area contributed by atoms with Gasteiger partial charge in [-0.1, -0.05) is 12.1 Å². The number of azo groups is 1. The lowest BCUT2D eigenvalue weighted by molar-refractivity contribution is 0.458. The van der Waals surface area contributed by atoms with Gasteiger partial charge in [0.25, 0.3) is 10.1 Å². The molecule has 0 radical (unpaired) electrons. The van der Waals surface area contributed by atoms with Gasteiger partial charge in [-0.25, -0.2) is 21.1 Å². The van der Waals surface area contributed by atoms with E-state index in [9.17, 15) is 30.4 Å². The van der Waals surface area contributed by atoms with Gasteiger partial charge in [0.2, 0.25) is 20.0 Å². The van der Waals surface area contributed by atoms with E-state index in [0.717, 1.165) is 28.8 Å². The van der Waals surface area contributed by atoms with Crippen LogP contribution in [0.3, 0.4) is 0 Å². The van der Waals surface area contributed by atoms with E-state index in [1.54, 1.807) is 0 Å². The number of nitrogens with one attached hydrogen (secondary N) is 1. The molecule has 0 atom stereocenters. The number of aromatic hydroxyl groups is 1. The Bertz CT molecular complexity index is 1610. The van der Waals surface area contributed by atoms with Crippen LogP contribution in [0.25, 0.3) is 10.8 Å². The molecule has 15 heteroatoms. The van der Waals surface area contributed by atoms with Crippen LogP contribution in [0, 0.1) is 0 Å². The predicted octanol–water partition coefficient (Wildman–Crippen LogP) is 2.83. The normalized spacial score (nSPS) is 13.1. The molecular weight excluding hydrogens is 508 g/mol. The van der Waals surface area contributed by atoms with Crippen molar-refractivity contribution in [3.05, 3.63) is 48.5 Å². The van der Waals surface area contributed by atoms with Gasteiger partial charge in [-0.05, 0) is 36.4 Å². The Hall–Kier alpha value is -3.11. The summed E-state index contributed by atoms with van der Waals surface area (Å²) in [5.41, 5.74) is 0.0952. The van der Waals surface area contributed by atoms with E-state index in [-0.39, 0.29) is 32.7 Å². The lowest BCUT2D eigenvalue weighted by Crippen LogP contribution is -2.22. The van der Waals surface area contributed by atoms with Gasteiger partial charge in [0.1, 0.15) is 10.6 Å². The van der Waals surface area contributed by atoms with Gasteiger partial charge in [-0.15, -0.1) is 5.11 Å². The van der Waals surface area contributed by atoms with E-state index < -0.39 is 40.8 Å². The zero-order valence-corrected chi connectivity index (χ0v) is 20.5. The fourth-order valence-corrected chi connectivity index (χ4v) is 5.03. The van der Waals surface area contributed by atoms with E-state index in [2.05, 4.69) is 15.0 Å². The lowest BCUT2D eigenvalue weighted by atomic mass is 10.1. The number of anilines is 1. The molecule has 3 aromatic carbocycles. The first-order valence-electron chi connectivity index (χ1n) is 9.29. The Morgan fingerprint density at radius 3 is 2.06 bits per heavy atom. The molecular formula is C19H20N4O8S3. The van der Waals surface area contributed by atoms with Gasteiger partial charge in [0.05, 0.1) is 28.2 Å². The van der Waals surface area contributed by atoms with Gasteiger partial charge in [-0.2, -0.15) is 13.5 Å². The molecule has 34 heavy (non-hydrogen) atoms. The molecule has 12 nitrogen and oxygen atoms in total. The third-order valence-corrected chi connectivity index (χ3v) is 7.83. The van der Waals surface area contributed by atoms with Crippen molar-refractivity contribution in [2.45, 2.75) is 9.79 Å². The fraction of sp³-hybridized carbons (Fsp3) is 0.158. The number of benzene rings is 3. The van der Waals surface area contributed by atoms with Crippen LogP contribution >= 0.6 is 0 Å². The Morgan fingerprint density at radius 1 is 0.912 bits per heavy atom. The number of fused-ring (bicyclic) bond motifs is 1. The largest absolute Gasteiger partial charge is 0.506 e.